The highest BCUT2D eigenvalue weighted by atomic mass is 35.5. The predicted molar refractivity (Wildman–Crippen MR) is 58.7 cm³/mol. The fourth-order valence-corrected chi connectivity index (χ4v) is 1.27. The van der Waals surface area contributed by atoms with Gasteiger partial charge in [0.15, 0.2) is 0 Å². The molecule has 0 aliphatic rings. The van der Waals surface area contributed by atoms with Gasteiger partial charge in [-0.1, -0.05) is 13.8 Å². The molecule has 1 rings (SSSR count). The molecule has 0 saturated heterocycles. The first-order valence-corrected chi connectivity index (χ1v) is 5.39. The molecule has 0 fully saturated rings. The van der Waals surface area contributed by atoms with Crippen molar-refractivity contribution in [3.63, 3.8) is 0 Å². The van der Waals surface area contributed by atoms with Gasteiger partial charge in [0, 0.05) is 11.8 Å². The molecule has 78 valence electrons. The number of halogens is 1. The minimum atomic E-state index is 0.472. The van der Waals surface area contributed by atoms with E-state index in [1.165, 1.54) is 0 Å². The third kappa shape index (κ3) is 3.54. The van der Waals surface area contributed by atoms with Crippen LogP contribution in [0.15, 0.2) is 18.5 Å². The summed E-state index contributed by atoms with van der Waals surface area (Å²) in [6, 6.07) is 1.89. The average molecular weight is 214 g/mol. The van der Waals surface area contributed by atoms with Crippen LogP contribution in [0.3, 0.4) is 0 Å². The molecule has 0 spiro atoms. The van der Waals surface area contributed by atoms with Crippen molar-refractivity contribution in [2.75, 3.05) is 6.61 Å². The number of rotatable bonds is 5. The molecule has 0 aromatic carbocycles. The maximum Gasteiger partial charge on any atom is 0.141 e. The van der Waals surface area contributed by atoms with Crippen molar-refractivity contribution < 1.29 is 4.74 Å². The summed E-state index contributed by atoms with van der Waals surface area (Å²) in [4.78, 5) is 4.01. The summed E-state index contributed by atoms with van der Waals surface area (Å²) in [5.74, 6) is 1.94. The maximum absolute atomic E-state index is 5.77. The quantitative estimate of drug-likeness (QED) is 0.701. The van der Waals surface area contributed by atoms with Gasteiger partial charge in [0.05, 0.1) is 18.7 Å². The predicted octanol–water partition coefficient (Wildman–Crippen LogP) is 3.25. The van der Waals surface area contributed by atoms with Crippen LogP contribution in [0.2, 0.25) is 0 Å². The van der Waals surface area contributed by atoms with Crippen LogP contribution in [0.5, 0.6) is 5.75 Å². The molecule has 0 N–H and O–H groups in total. The monoisotopic (exact) mass is 213 g/mol. The van der Waals surface area contributed by atoms with Gasteiger partial charge in [0.1, 0.15) is 5.75 Å². The van der Waals surface area contributed by atoms with Gasteiger partial charge in [0.2, 0.25) is 0 Å². The molecule has 1 heterocycles. The van der Waals surface area contributed by atoms with E-state index in [1.54, 1.807) is 12.4 Å². The Morgan fingerprint density at radius 2 is 2.29 bits per heavy atom. The Hall–Kier alpha value is -0.760. The summed E-state index contributed by atoms with van der Waals surface area (Å²) in [6.45, 7) is 5.08. The number of alkyl halides is 1. The topological polar surface area (TPSA) is 22.1 Å². The van der Waals surface area contributed by atoms with Crippen molar-refractivity contribution >= 4 is 11.6 Å². The minimum absolute atomic E-state index is 0.472. The third-order valence-electron chi connectivity index (χ3n) is 1.97. The van der Waals surface area contributed by atoms with E-state index < -0.39 is 0 Å². The first-order chi connectivity index (χ1) is 6.74. The molecule has 1 aromatic heterocycles. The van der Waals surface area contributed by atoms with Gasteiger partial charge in [-0.25, -0.2) is 0 Å². The first-order valence-electron chi connectivity index (χ1n) is 4.85. The fraction of sp³-hybridized carbons (Fsp3) is 0.545. The molecule has 2 nitrogen and oxygen atoms in total. The molecule has 0 bridgehead atoms. The lowest BCUT2D eigenvalue weighted by atomic mass is 10.1. The van der Waals surface area contributed by atoms with Crippen LogP contribution in [0.25, 0.3) is 0 Å². The highest BCUT2D eigenvalue weighted by molar-refractivity contribution is 6.17. The highest BCUT2D eigenvalue weighted by Gasteiger charge is 2.02. The van der Waals surface area contributed by atoms with Gasteiger partial charge in [0.25, 0.3) is 0 Å². The molecule has 0 radical (unpaired) electrons. The Balaban J connectivity index is 2.49. The molecular formula is C11H16ClNO. The number of nitrogens with zero attached hydrogens (tertiary/aromatic N) is 1. The number of ether oxygens (including phenoxy) is 1. The highest BCUT2D eigenvalue weighted by Crippen LogP contribution is 2.18. The van der Waals surface area contributed by atoms with Crippen LogP contribution < -0.4 is 4.74 Å². The third-order valence-corrected chi connectivity index (χ3v) is 2.25. The second kappa shape index (κ2) is 5.86. The van der Waals surface area contributed by atoms with E-state index in [-0.39, 0.29) is 0 Å². The summed E-state index contributed by atoms with van der Waals surface area (Å²) in [5, 5.41) is 0. The van der Waals surface area contributed by atoms with E-state index in [9.17, 15) is 0 Å². The van der Waals surface area contributed by atoms with E-state index in [4.69, 9.17) is 16.3 Å². The summed E-state index contributed by atoms with van der Waals surface area (Å²) in [7, 11) is 0. The number of aromatic nitrogens is 1. The molecule has 3 heteroatoms. The van der Waals surface area contributed by atoms with Crippen LogP contribution in [-0.4, -0.2) is 11.6 Å². The van der Waals surface area contributed by atoms with Gasteiger partial charge in [-0.3, -0.25) is 4.98 Å². The van der Waals surface area contributed by atoms with Crippen molar-refractivity contribution in [2.45, 2.75) is 26.1 Å². The van der Waals surface area contributed by atoms with Crippen molar-refractivity contribution in [3.8, 4) is 5.75 Å². The summed E-state index contributed by atoms with van der Waals surface area (Å²) >= 11 is 5.77. The zero-order valence-electron chi connectivity index (χ0n) is 8.66. The summed E-state index contributed by atoms with van der Waals surface area (Å²) in [5.41, 5.74) is 1.01. The SMILES string of the molecule is CC(C)CCOc1cnccc1CCl. The fourth-order valence-electron chi connectivity index (χ4n) is 1.05. The van der Waals surface area contributed by atoms with Crippen LogP contribution in [0.4, 0.5) is 0 Å². The van der Waals surface area contributed by atoms with Crippen molar-refractivity contribution in [2.24, 2.45) is 5.92 Å². The van der Waals surface area contributed by atoms with Gasteiger partial charge in [-0.05, 0) is 18.4 Å². The molecule has 0 aliphatic heterocycles. The van der Waals surface area contributed by atoms with Crippen molar-refractivity contribution in [1.82, 2.24) is 4.98 Å². The van der Waals surface area contributed by atoms with Crippen LogP contribution in [0, 0.1) is 5.92 Å². The van der Waals surface area contributed by atoms with Crippen LogP contribution in [-0.2, 0) is 5.88 Å². The normalized spacial score (nSPS) is 10.6. The molecule has 0 saturated carbocycles. The zero-order chi connectivity index (χ0) is 10.4. The lowest BCUT2D eigenvalue weighted by molar-refractivity contribution is 0.286. The Kier molecular flexibility index (Phi) is 4.74. The standard InChI is InChI=1S/C11H16ClNO/c1-9(2)4-6-14-11-8-13-5-3-10(11)7-12/h3,5,8-9H,4,6-7H2,1-2H3. The summed E-state index contributed by atoms with van der Waals surface area (Å²) < 4.78 is 5.59. The molecule has 1 aromatic rings. The van der Waals surface area contributed by atoms with E-state index in [0.29, 0.717) is 11.8 Å². The molecule has 0 amide bonds. The Labute approximate surface area is 90.3 Å². The van der Waals surface area contributed by atoms with Crippen LogP contribution in [0.1, 0.15) is 25.8 Å². The molecular weight excluding hydrogens is 198 g/mol. The van der Waals surface area contributed by atoms with E-state index in [2.05, 4.69) is 18.8 Å². The van der Waals surface area contributed by atoms with Crippen molar-refractivity contribution in [3.05, 3.63) is 24.0 Å². The summed E-state index contributed by atoms with van der Waals surface area (Å²) in [6.07, 6.45) is 4.50. The molecule has 0 unspecified atom stereocenters. The van der Waals surface area contributed by atoms with E-state index >= 15 is 0 Å². The average Bonchev–Trinajstić information content (AvgIpc) is 2.18. The Morgan fingerprint density at radius 3 is 2.93 bits per heavy atom. The van der Waals surface area contributed by atoms with Gasteiger partial charge < -0.3 is 4.74 Å². The lowest BCUT2D eigenvalue weighted by Gasteiger charge is -2.10. The largest absolute Gasteiger partial charge is 0.492 e. The smallest absolute Gasteiger partial charge is 0.141 e. The number of hydrogen-bond acceptors (Lipinski definition) is 2. The molecule has 0 atom stereocenters. The second-order valence-corrected chi connectivity index (χ2v) is 3.92. The molecule has 0 aliphatic carbocycles. The minimum Gasteiger partial charge on any atom is -0.492 e. The molecule has 14 heavy (non-hydrogen) atoms. The second-order valence-electron chi connectivity index (χ2n) is 3.65. The van der Waals surface area contributed by atoms with Gasteiger partial charge in [-0.2, -0.15) is 0 Å². The Morgan fingerprint density at radius 1 is 1.50 bits per heavy atom. The zero-order valence-corrected chi connectivity index (χ0v) is 9.42. The lowest BCUT2D eigenvalue weighted by Crippen LogP contribution is -2.03. The van der Waals surface area contributed by atoms with Crippen molar-refractivity contribution in [1.29, 1.82) is 0 Å². The number of pyridine rings is 1. The first kappa shape index (κ1) is 11.3. The Bertz CT molecular complexity index is 276. The van der Waals surface area contributed by atoms with Gasteiger partial charge >= 0.3 is 0 Å². The van der Waals surface area contributed by atoms with E-state index in [0.717, 1.165) is 24.3 Å². The number of hydrogen-bond donors (Lipinski definition) is 0. The van der Waals surface area contributed by atoms with Gasteiger partial charge in [-0.15, -0.1) is 11.6 Å². The maximum atomic E-state index is 5.77. The van der Waals surface area contributed by atoms with E-state index in [1.807, 2.05) is 6.07 Å². The van der Waals surface area contributed by atoms with Crippen LogP contribution >= 0.6 is 11.6 Å².